The maximum atomic E-state index is 6.48. The van der Waals surface area contributed by atoms with Crippen molar-refractivity contribution in [2.75, 3.05) is 0 Å². The van der Waals surface area contributed by atoms with E-state index < -0.39 is 0 Å². The second-order valence-electron chi connectivity index (χ2n) is 12.5. The Morgan fingerprint density at radius 1 is 0.277 bits per heavy atom. The van der Waals surface area contributed by atoms with Crippen molar-refractivity contribution in [3.63, 3.8) is 0 Å². The summed E-state index contributed by atoms with van der Waals surface area (Å²) in [6.07, 6.45) is 0. The average Bonchev–Trinajstić information content (AvgIpc) is 3.52. The monoisotopic (exact) mass is 596 g/mol. The first-order valence-corrected chi connectivity index (χ1v) is 16.2. The molecule has 0 aliphatic heterocycles. The number of furan rings is 1. The van der Waals surface area contributed by atoms with E-state index in [2.05, 4.69) is 170 Å². The summed E-state index contributed by atoms with van der Waals surface area (Å²) in [6, 6.07) is 61.6. The quantitative estimate of drug-likeness (QED) is 0.185. The van der Waals surface area contributed by atoms with E-state index >= 15 is 0 Å². The Hall–Kier alpha value is -6.18. The molecule has 0 saturated carbocycles. The van der Waals surface area contributed by atoms with Gasteiger partial charge >= 0.3 is 0 Å². The molecule has 0 radical (unpaired) electrons. The van der Waals surface area contributed by atoms with E-state index in [1.807, 2.05) is 0 Å². The molecule has 10 rings (SSSR count). The van der Waals surface area contributed by atoms with Gasteiger partial charge in [-0.25, -0.2) is 0 Å². The molecule has 47 heavy (non-hydrogen) atoms. The normalized spacial score (nSPS) is 11.8. The summed E-state index contributed by atoms with van der Waals surface area (Å²) in [7, 11) is 0. The van der Waals surface area contributed by atoms with Crippen molar-refractivity contribution < 1.29 is 4.42 Å². The summed E-state index contributed by atoms with van der Waals surface area (Å²) in [4.78, 5) is 0. The third kappa shape index (κ3) is 4.03. The second-order valence-corrected chi connectivity index (χ2v) is 12.5. The van der Waals surface area contributed by atoms with Crippen molar-refractivity contribution in [3.05, 3.63) is 170 Å². The molecule has 0 aliphatic carbocycles. The zero-order valence-corrected chi connectivity index (χ0v) is 25.6. The first-order chi connectivity index (χ1) is 23.3. The third-order valence-electron chi connectivity index (χ3n) is 9.82. The summed E-state index contributed by atoms with van der Waals surface area (Å²) in [5, 5.41) is 12.1. The fraction of sp³-hybridized carbons (Fsp3) is 0. The van der Waals surface area contributed by atoms with Crippen LogP contribution in [0.25, 0.3) is 98.4 Å². The summed E-state index contributed by atoms with van der Waals surface area (Å²) < 4.78 is 6.48. The maximum absolute atomic E-state index is 6.48. The van der Waals surface area contributed by atoms with Crippen molar-refractivity contribution in [2.24, 2.45) is 0 Å². The minimum atomic E-state index is 0.914. The van der Waals surface area contributed by atoms with Gasteiger partial charge in [0.05, 0.1) is 0 Å². The smallest absolute Gasteiger partial charge is 0.143 e. The van der Waals surface area contributed by atoms with Gasteiger partial charge in [0.15, 0.2) is 0 Å². The van der Waals surface area contributed by atoms with Gasteiger partial charge < -0.3 is 4.42 Å². The first-order valence-electron chi connectivity index (χ1n) is 16.2. The Morgan fingerprint density at radius 3 is 1.47 bits per heavy atom. The molecule has 1 heteroatoms. The highest BCUT2D eigenvalue weighted by Gasteiger charge is 2.18. The van der Waals surface area contributed by atoms with Gasteiger partial charge in [0.1, 0.15) is 11.2 Å². The molecule has 0 N–H and O–H groups in total. The van der Waals surface area contributed by atoms with E-state index in [0.717, 1.165) is 27.3 Å². The molecule has 1 aromatic heterocycles. The van der Waals surface area contributed by atoms with E-state index in [4.69, 9.17) is 4.42 Å². The van der Waals surface area contributed by atoms with Gasteiger partial charge in [-0.2, -0.15) is 0 Å². The van der Waals surface area contributed by atoms with Crippen molar-refractivity contribution in [2.45, 2.75) is 0 Å². The lowest BCUT2D eigenvalue weighted by Crippen LogP contribution is -1.91. The molecular weight excluding hydrogens is 569 g/mol. The molecule has 0 amide bonds. The zero-order valence-electron chi connectivity index (χ0n) is 25.6. The SMILES string of the molecule is c1ccc(-c2ccc3cc(-c4c5ccccc5c(-c5ccc6oc7c8ccccc8ccc7c6c5)c5ccccc45)ccc3c2)cc1. The predicted molar refractivity (Wildman–Crippen MR) is 200 cm³/mol. The van der Waals surface area contributed by atoms with E-state index in [1.54, 1.807) is 0 Å². The van der Waals surface area contributed by atoms with Gasteiger partial charge in [-0.15, -0.1) is 0 Å². The largest absolute Gasteiger partial charge is 0.455 e. The van der Waals surface area contributed by atoms with E-state index in [9.17, 15) is 0 Å². The predicted octanol–water partition coefficient (Wildman–Crippen LogP) is 13.2. The fourth-order valence-corrected chi connectivity index (χ4v) is 7.62. The number of fused-ring (bicyclic) bond motifs is 8. The summed E-state index contributed by atoms with van der Waals surface area (Å²) >= 11 is 0. The Kier molecular flexibility index (Phi) is 5.64. The number of hydrogen-bond donors (Lipinski definition) is 0. The van der Waals surface area contributed by atoms with E-state index in [-0.39, 0.29) is 0 Å². The van der Waals surface area contributed by atoms with Crippen molar-refractivity contribution in [1.82, 2.24) is 0 Å². The summed E-state index contributed by atoms with van der Waals surface area (Å²) in [5.41, 5.74) is 9.29. The van der Waals surface area contributed by atoms with E-state index in [0.29, 0.717) is 0 Å². The Bertz CT molecular complexity index is 2780. The molecule has 0 saturated heterocycles. The Labute approximate surface area is 271 Å². The third-order valence-corrected chi connectivity index (χ3v) is 9.82. The molecule has 10 aromatic rings. The summed E-state index contributed by atoms with van der Waals surface area (Å²) in [5.74, 6) is 0. The average molecular weight is 597 g/mol. The van der Waals surface area contributed by atoms with Gasteiger partial charge in [0.2, 0.25) is 0 Å². The van der Waals surface area contributed by atoms with Crippen molar-refractivity contribution in [1.29, 1.82) is 0 Å². The van der Waals surface area contributed by atoms with Gasteiger partial charge in [0, 0.05) is 16.2 Å². The highest BCUT2D eigenvalue weighted by Crippen LogP contribution is 2.45. The van der Waals surface area contributed by atoms with Crippen LogP contribution in [-0.4, -0.2) is 0 Å². The lowest BCUT2D eigenvalue weighted by Gasteiger charge is -2.18. The standard InChI is InChI=1S/C46H28O/c1-2-10-29(11-3-1)31-18-19-33-27-34(21-20-32(33)26-31)44-37-14-6-8-16-39(37)45(40-17-9-7-15-38(40)44)35-23-25-43-42(28-35)41-24-22-30-12-4-5-13-36(30)46(41)47-43/h1-28H. The number of hydrogen-bond acceptors (Lipinski definition) is 1. The maximum Gasteiger partial charge on any atom is 0.143 e. The number of benzene rings is 9. The van der Waals surface area contributed by atoms with Crippen LogP contribution >= 0.6 is 0 Å². The van der Waals surface area contributed by atoms with Gasteiger partial charge in [-0.1, -0.05) is 140 Å². The highest BCUT2D eigenvalue weighted by atomic mass is 16.3. The molecule has 0 unspecified atom stereocenters. The van der Waals surface area contributed by atoms with Crippen LogP contribution in [0.4, 0.5) is 0 Å². The van der Waals surface area contributed by atoms with Crippen LogP contribution in [0, 0.1) is 0 Å². The molecule has 0 atom stereocenters. The van der Waals surface area contributed by atoms with Gasteiger partial charge in [-0.05, 0) is 101 Å². The fourth-order valence-electron chi connectivity index (χ4n) is 7.62. The Morgan fingerprint density at radius 2 is 0.787 bits per heavy atom. The lowest BCUT2D eigenvalue weighted by molar-refractivity contribution is 0.672. The molecule has 1 heterocycles. The van der Waals surface area contributed by atoms with E-state index in [1.165, 1.54) is 71.1 Å². The van der Waals surface area contributed by atoms with Gasteiger partial charge in [0.25, 0.3) is 0 Å². The van der Waals surface area contributed by atoms with Crippen LogP contribution in [0.2, 0.25) is 0 Å². The summed E-state index contributed by atoms with van der Waals surface area (Å²) in [6.45, 7) is 0. The minimum Gasteiger partial charge on any atom is -0.455 e. The lowest BCUT2D eigenvalue weighted by atomic mass is 9.85. The van der Waals surface area contributed by atoms with Crippen LogP contribution in [0.15, 0.2) is 174 Å². The van der Waals surface area contributed by atoms with Crippen LogP contribution in [0.1, 0.15) is 0 Å². The second kappa shape index (κ2) is 10.2. The highest BCUT2D eigenvalue weighted by molar-refractivity contribution is 6.23. The van der Waals surface area contributed by atoms with Gasteiger partial charge in [-0.3, -0.25) is 0 Å². The molecule has 9 aromatic carbocycles. The van der Waals surface area contributed by atoms with Crippen LogP contribution in [-0.2, 0) is 0 Å². The first kappa shape index (κ1) is 26.1. The van der Waals surface area contributed by atoms with Crippen LogP contribution in [0.3, 0.4) is 0 Å². The molecule has 0 fully saturated rings. The molecule has 0 aliphatic rings. The molecule has 0 spiro atoms. The molecule has 218 valence electrons. The van der Waals surface area contributed by atoms with Crippen molar-refractivity contribution in [3.8, 4) is 33.4 Å². The van der Waals surface area contributed by atoms with Crippen molar-refractivity contribution >= 4 is 65.0 Å². The number of rotatable bonds is 3. The minimum absolute atomic E-state index is 0.914. The Balaban J connectivity index is 1.20. The van der Waals surface area contributed by atoms with Crippen LogP contribution < -0.4 is 0 Å². The molecular formula is C46H28O. The topological polar surface area (TPSA) is 13.1 Å². The zero-order chi connectivity index (χ0) is 30.9. The molecule has 0 bridgehead atoms. The van der Waals surface area contributed by atoms with Crippen LogP contribution in [0.5, 0.6) is 0 Å². The molecule has 1 nitrogen and oxygen atoms in total.